The van der Waals surface area contributed by atoms with Crippen molar-refractivity contribution in [3.05, 3.63) is 76.3 Å². The maximum atomic E-state index is 11.9. The molecule has 1 aromatic heterocycles. The van der Waals surface area contributed by atoms with Crippen molar-refractivity contribution in [3.63, 3.8) is 0 Å². The van der Waals surface area contributed by atoms with Crippen LogP contribution in [0, 0.1) is 6.92 Å². The third kappa shape index (κ3) is 5.75. The van der Waals surface area contributed by atoms with Crippen molar-refractivity contribution in [2.24, 2.45) is 5.73 Å². The molecule has 0 radical (unpaired) electrons. The van der Waals surface area contributed by atoms with Crippen molar-refractivity contribution in [1.29, 1.82) is 0 Å². The van der Waals surface area contributed by atoms with Gasteiger partial charge in [0.05, 0.1) is 13.2 Å². The monoisotopic (exact) mass is 428 g/mol. The summed E-state index contributed by atoms with van der Waals surface area (Å²) in [6.45, 7) is 2.62. The van der Waals surface area contributed by atoms with Gasteiger partial charge in [-0.2, -0.15) is 0 Å². The first-order valence-electron chi connectivity index (χ1n) is 9.52. The molecule has 0 saturated carbocycles. The van der Waals surface area contributed by atoms with Crippen molar-refractivity contribution >= 4 is 17.5 Å². The predicted molar refractivity (Wildman–Crippen MR) is 116 cm³/mol. The zero-order chi connectivity index (χ0) is 21.5. The van der Waals surface area contributed by atoms with E-state index in [1.807, 2.05) is 49.4 Å². The van der Waals surface area contributed by atoms with E-state index in [0.717, 1.165) is 22.6 Å². The summed E-state index contributed by atoms with van der Waals surface area (Å²) in [7, 11) is 1.59. The summed E-state index contributed by atoms with van der Waals surface area (Å²) in [5.74, 6) is 1.68. The van der Waals surface area contributed by atoms with Gasteiger partial charge in [0.15, 0.2) is 0 Å². The van der Waals surface area contributed by atoms with E-state index in [-0.39, 0.29) is 0 Å². The Kier molecular flexibility index (Phi) is 7.32. The predicted octanol–water partition coefficient (Wildman–Crippen LogP) is 3.15. The van der Waals surface area contributed by atoms with E-state index in [9.17, 15) is 4.79 Å². The number of imidazole rings is 1. The lowest BCUT2D eigenvalue weighted by molar-refractivity contribution is -0.120. The van der Waals surface area contributed by atoms with Crippen molar-refractivity contribution in [3.8, 4) is 11.5 Å². The van der Waals surface area contributed by atoms with Crippen LogP contribution in [0.3, 0.4) is 0 Å². The van der Waals surface area contributed by atoms with Gasteiger partial charge in [0.25, 0.3) is 0 Å². The largest absolute Gasteiger partial charge is 0.496 e. The molecular formula is C22H25ClN4O3. The highest BCUT2D eigenvalue weighted by atomic mass is 35.5. The van der Waals surface area contributed by atoms with Gasteiger partial charge >= 0.3 is 0 Å². The number of nitrogens with zero attached hydrogens (tertiary/aromatic N) is 1. The molecule has 0 spiro atoms. The number of rotatable bonds is 10. The number of nitrogens with one attached hydrogen (secondary N) is 2. The minimum atomic E-state index is -0.536. The summed E-state index contributed by atoms with van der Waals surface area (Å²) in [6, 6.07) is 12.6. The molecular weight excluding hydrogens is 404 g/mol. The number of aromatic amines is 1. The number of carbonyl (C=O) groups is 1. The summed E-state index contributed by atoms with van der Waals surface area (Å²) in [5, 5.41) is 3.85. The summed E-state index contributed by atoms with van der Waals surface area (Å²) >= 11 is 6.17. The van der Waals surface area contributed by atoms with Crippen LogP contribution in [0.1, 0.15) is 22.6 Å². The van der Waals surface area contributed by atoms with E-state index in [0.29, 0.717) is 36.1 Å². The molecule has 3 rings (SSSR count). The van der Waals surface area contributed by atoms with E-state index >= 15 is 0 Å². The number of benzene rings is 2. The SMILES string of the molecule is COc1cc(OCc2ccccc2Cl)ccc1CNC(Cc1cnc(C)[nH]1)C(N)=O. The molecule has 1 unspecified atom stereocenters. The third-order valence-electron chi connectivity index (χ3n) is 4.67. The Morgan fingerprint density at radius 2 is 2.07 bits per heavy atom. The molecule has 0 fully saturated rings. The van der Waals surface area contributed by atoms with E-state index in [2.05, 4.69) is 15.3 Å². The van der Waals surface area contributed by atoms with Crippen LogP contribution in [0.2, 0.25) is 5.02 Å². The molecule has 4 N–H and O–H groups in total. The molecule has 0 aliphatic rings. The van der Waals surface area contributed by atoms with E-state index in [1.54, 1.807) is 13.3 Å². The number of hydrogen-bond acceptors (Lipinski definition) is 5. The van der Waals surface area contributed by atoms with Crippen LogP contribution in [0.5, 0.6) is 11.5 Å². The van der Waals surface area contributed by atoms with Gasteiger partial charge in [0.1, 0.15) is 23.9 Å². The number of H-pyrrole nitrogens is 1. The Hall–Kier alpha value is -3.03. The van der Waals surface area contributed by atoms with Crippen molar-refractivity contribution in [1.82, 2.24) is 15.3 Å². The van der Waals surface area contributed by atoms with E-state index < -0.39 is 11.9 Å². The number of aryl methyl sites for hydroxylation is 1. The quantitative estimate of drug-likeness (QED) is 0.460. The Morgan fingerprint density at radius 3 is 2.73 bits per heavy atom. The Balaban J connectivity index is 1.63. The van der Waals surface area contributed by atoms with Gasteiger partial charge in [-0.05, 0) is 19.1 Å². The molecule has 0 aliphatic carbocycles. The minimum absolute atomic E-state index is 0.355. The van der Waals surface area contributed by atoms with E-state index in [4.69, 9.17) is 26.8 Å². The van der Waals surface area contributed by atoms with Crippen molar-refractivity contribution in [2.75, 3.05) is 7.11 Å². The summed E-state index contributed by atoms with van der Waals surface area (Å²) in [4.78, 5) is 19.1. The topological polar surface area (TPSA) is 102 Å². The third-order valence-corrected chi connectivity index (χ3v) is 5.04. The normalized spacial score (nSPS) is 11.8. The first-order chi connectivity index (χ1) is 14.5. The lowest BCUT2D eigenvalue weighted by Crippen LogP contribution is -2.42. The number of carbonyl (C=O) groups excluding carboxylic acids is 1. The molecule has 0 aliphatic heterocycles. The van der Waals surface area contributed by atoms with Gasteiger partial charge in [-0.3, -0.25) is 4.79 Å². The molecule has 3 aromatic rings. The van der Waals surface area contributed by atoms with Gasteiger partial charge in [0.2, 0.25) is 5.91 Å². The first-order valence-corrected chi connectivity index (χ1v) is 9.90. The summed E-state index contributed by atoms with van der Waals surface area (Å²) in [6.07, 6.45) is 2.14. The molecule has 0 bridgehead atoms. The Morgan fingerprint density at radius 1 is 1.27 bits per heavy atom. The Bertz CT molecular complexity index is 1010. The number of ether oxygens (including phenoxy) is 2. The second kappa shape index (κ2) is 10.1. The number of amides is 1. The maximum Gasteiger partial charge on any atom is 0.234 e. The molecule has 7 nitrogen and oxygen atoms in total. The number of hydrogen-bond donors (Lipinski definition) is 3. The number of primary amides is 1. The molecule has 1 atom stereocenters. The van der Waals surface area contributed by atoms with Crippen LogP contribution in [0.25, 0.3) is 0 Å². The fraction of sp³-hybridized carbons (Fsp3) is 0.273. The highest BCUT2D eigenvalue weighted by molar-refractivity contribution is 6.31. The zero-order valence-electron chi connectivity index (χ0n) is 16.9. The fourth-order valence-electron chi connectivity index (χ4n) is 3.04. The van der Waals surface area contributed by atoms with Crippen molar-refractivity contribution in [2.45, 2.75) is 32.5 Å². The van der Waals surface area contributed by atoms with Crippen LogP contribution >= 0.6 is 11.6 Å². The van der Waals surface area contributed by atoms with Crippen LogP contribution in [0.15, 0.2) is 48.7 Å². The van der Waals surface area contributed by atoms with Gasteiger partial charge < -0.3 is 25.5 Å². The molecule has 158 valence electrons. The molecule has 2 aromatic carbocycles. The minimum Gasteiger partial charge on any atom is -0.496 e. The lowest BCUT2D eigenvalue weighted by atomic mass is 10.1. The smallest absolute Gasteiger partial charge is 0.234 e. The molecule has 30 heavy (non-hydrogen) atoms. The van der Waals surface area contributed by atoms with Crippen LogP contribution in [-0.4, -0.2) is 29.0 Å². The van der Waals surface area contributed by atoms with Gasteiger partial charge in [0, 0.05) is 47.1 Å². The highest BCUT2D eigenvalue weighted by Gasteiger charge is 2.17. The molecule has 1 heterocycles. The van der Waals surface area contributed by atoms with Crippen LogP contribution in [-0.2, 0) is 24.4 Å². The van der Waals surface area contributed by atoms with Gasteiger partial charge in [-0.15, -0.1) is 0 Å². The Labute approximate surface area is 180 Å². The van der Waals surface area contributed by atoms with E-state index in [1.165, 1.54) is 0 Å². The lowest BCUT2D eigenvalue weighted by Gasteiger charge is -2.17. The standard InChI is InChI=1S/C22H25ClN4O3/c1-14-25-12-17(27-14)9-20(22(24)28)26-11-15-7-8-18(10-21(15)29-2)30-13-16-5-3-4-6-19(16)23/h3-8,10,12,20,26H,9,11,13H2,1-2H3,(H2,24,28)(H,25,27). The second-order valence-electron chi connectivity index (χ2n) is 6.89. The zero-order valence-corrected chi connectivity index (χ0v) is 17.7. The second-order valence-corrected chi connectivity index (χ2v) is 7.29. The molecule has 8 heteroatoms. The highest BCUT2D eigenvalue weighted by Crippen LogP contribution is 2.26. The van der Waals surface area contributed by atoms with Gasteiger partial charge in [-0.1, -0.05) is 35.9 Å². The summed E-state index contributed by atoms with van der Waals surface area (Å²) in [5.41, 5.74) is 8.19. The average molecular weight is 429 g/mol. The maximum absolute atomic E-state index is 11.9. The van der Waals surface area contributed by atoms with Crippen LogP contribution < -0.4 is 20.5 Å². The number of aromatic nitrogens is 2. The van der Waals surface area contributed by atoms with Gasteiger partial charge in [-0.25, -0.2) is 4.98 Å². The number of nitrogens with two attached hydrogens (primary N) is 1. The van der Waals surface area contributed by atoms with Crippen LogP contribution in [0.4, 0.5) is 0 Å². The average Bonchev–Trinajstić information content (AvgIpc) is 3.15. The fourth-order valence-corrected chi connectivity index (χ4v) is 3.23. The summed E-state index contributed by atoms with van der Waals surface area (Å²) < 4.78 is 11.3. The number of halogens is 1. The molecule has 1 amide bonds. The first kappa shape index (κ1) is 21.7. The van der Waals surface area contributed by atoms with Crippen molar-refractivity contribution < 1.29 is 14.3 Å². The molecule has 0 saturated heterocycles. The number of methoxy groups -OCH3 is 1.